The predicted octanol–water partition coefficient (Wildman–Crippen LogP) is 0.877. The Morgan fingerprint density at radius 3 is 3.12 bits per heavy atom. The number of aliphatic hydroxyl groups is 1. The van der Waals surface area contributed by atoms with Gasteiger partial charge in [-0.25, -0.2) is 9.67 Å². The summed E-state index contributed by atoms with van der Waals surface area (Å²) in [5.74, 6) is 2.18. The van der Waals surface area contributed by atoms with Gasteiger partial charge in [0.1, 0.15) is 23.5 Å². The van der Waals surface area contributed by atoms with Gasteiger partial charge in [-0.15, -0.1) is 24.0 Å². The van der Waals surface area contributed by atoms with E-state index in [9.17, 15) is 5.11 Å². The van der Waals surface area contributed by atoms with E-state index in [0.29, 0.717) is 18.3 Å². The van der Waals surface area contributed by atoms with Crippen LogP contribution >= 0.6 is 24.0 Å². The molecule has 2 atom stereocenters. The molecule has 2 aromatic heterocycles. The molecule has 0 radical (unpaired) electrons. The van der Waals surface area contributed by atoms with Gasteiger partial charge in [0, 0.05) is 19.5 Å². The number of nitrogens with one attached hydrogen (secondary N) is 2. The third kappa shape index (κ3) is 4.26. The van der Waals surface area contributed by atoms with Gasteiger partial charge in [0.15, 0.2) is 5.96 Å². The highest BCUT2D eigenvalue weighted by molar-refractivity contribution is 14.0. The smallest absolute Gasteiger partial charge is 0.191 e. The summed E-state index contributed by atoms with van der Waals surface area (Å²) >= 11 is 0. The first-order valence-electron chi connectivity index (χ1n) is 7.69. The lowest BCUT2D eigenvalue weighted by Gasteiger charge is -2.27. The fourth-order valence-electron chi connectivity index (χ4n) is 2.67. The van der Waals surface area contributed by atoms with Crippen LogP contribution in [0.5, 0.6) is 0 Å². The molecule has 1 aliphatic heterocycles. The first-order chi connectivity index (χ1) is 11.1. The largest absolute Gasteiger partial charge is 0.466 e. The number of fused-ring (bicyclic) bond motifs is 1. The van der Waals surface area contributed by atoms with Crippen molar-refractivity contribution in [3.8, 4) is 0 Å². The van der Waals surface area contributed by atoms with Gasteiger partial charge in [0.25, 0.3) is 0 Å². The van der Waals surface area contributed by atoms with E-state index in [1.54, 1.807) is 38.7 Å². The number of aliphatic imine (C=N–C) groups is 1. The average Bonchev–Trinajstić information content (AvgIpc) is 3.22. The molecule has 3 N–H and O–H groups in total. The van der Waals surface area contributed by atoms with Crippen molar-refractivity contribution in [2.75, 3.05) is 13.6 Å². The molecule has 2 unspecified atom stereocenters. The van der Waals surface area contributed by atoms with Crippen LogP contribution in [0.3, 0.4) is 0 Å². The second-order valence-electron chi connectivity index (χ2n) is 5.92. The van der Waals surface area contributed by atoms with E-state index in [1.807, 2.05) is 4.68 Å². The zero-order chi connectivity index (χ0) is 16.3. The number of furan rings is 1. The molecule has 0 aromatic carbocycles. The standard InChI is InChI=1S/C15H22N6O2.HI/c1-15(22,12-4-3-7-23-12)9-17-14(16-2)20-11-5-6-13-18-10-19-21(13)8-11;/h3-4,7,10-11,22H,5-6,8-9H2,1-2H3,(H2,16,17,20);1H. The van der Waals surface area contributed by atoms with Crippen molar-refractivity contribution >= 4 is 29.9 Å². The molecule has 3 rings (SSSR count). The fourth-order valence-corrected chi connectivity index (χ4v) is 2.67. The first kappa shape index (κ1) is 18.7. The Kier molecular flexibility index (Phi) is 6.21. The molecule has 0 bridgehead atoms. The van der Waals surface area contributed by atoms with Crippen LogP contribution in [0.2, 0.25) is 0 Å². The minimum Gasteiger partial charge on any atom is -0.466 e. The quantitative estimate of drug-likeness (QED) is 0.366. The number of hydrogen-bond acceptors (Lipinski definition) is 5. The number of guanidine groups is 1. The van der Waals surface area contributed by atoms with Crippen LogP contribution in [0.1, 0.15) is 24.9 Å². The molecule has 9 heteroatoms. The lowest BCUT2D eigenvalue weighted by Crippen LogP contribution is -2.50. The molecular formula is C15H23IN6O2. The number of halogens is 1. The second-order valence-corrected chi connectivity index (χ2v) is 5.92. The van der Waals surface area contributed by atoms with Crippen LogP contribution in [0, 0.1) is 0 Å². The second kappa shape index (κ2) is 7.97. The number of nitrogens with zero attached hydrogens (tertiary/aromatic N) is 4. The molecule has 0 saturated carbocycles. The Labute approximate surface area is 157 Å². The molecule has 0 saturated heterocycles. The summed E-state index contributed by atoms with van der Waals surface area (Å²) in [6.45, 7) is 2.75. The maximum Gasteiger partial charge on any atom is 0.191 e. The molecule has 1 aliphatic rings. The Balaban J connectivity index is 0.00000208. The van der Waals surface area contributed by atoms with Crippen LogP contribution in [0.4, 0.5) is 0 Å². The highest BCUT2D eigenvalue weighted by Crippen LogP contribution is 2.19. The zero-order valence-electron chi connectivity index (χ0n) is 13.8. The molecule has 0 spiro atoms. The van der Waals surface area contributed by atoms with Crippen LogP contribution in [-0.4, -0.2) is 45.5 Å². The molecule has 2 aromatic rings. The average molecular weight is 446 g/mol. The van der Waals surface area contributed by atoms with Crippen molar-refractivity contribution in [1.82, 2.24) is 25.4 Å². The predicted molar refractivity (Wildman–Crippen MR) is 100 cm³/mol. The fraction of sp³-hybridized carbons (Fsp3) is 0.533. The minimum absolute atomic E-state index is 0. The molecule has 8 nitrogen and oxygen atoms in total. The van der Waals surface area contributed by atoms with Crippen LogP contribution in [-0.2, 0) is 18.6 Å². The summed E-state index contributed by atoms with van der Waals surface area (Å²) in [4.78, 5) is 8.44. The van der Waals surface area contributed by atoms with Gasteiger partial charge >= 0.3 is 0 Å². The van der Waals surface area contributed by atoms with E-state index in [-0.39, 0.29) is 30.0 Å². The number of aryl methyl sites for hydroxylation is 1. The van der Waals surface area contributed by atoms with Crippen molar-refractivity contribution < 1.29 is 9.52 Å². The number of aromatic nitrogens is 3. The molecule has 0 aliphatic carbocycles. The van der Waals surface area contributed by atoms with Gasteiger partial charge < -0.3 is 20.2 Å². The molecular weight excluding hydrogens is 423 g/mol. The Morgan fingerprint density at radius 2 is 2.42 bits per heavy atom. The van der Waals surface area contributed by atoms with E-state index < -0.39 is 5.60 Å². The summed E-state index contributed by atoms with van der Waals surface area (Å²) in [5, 5.41) is 21.2. The number of hydrogen-bond donors (Lipinski definition) is 3. The zero-order valence-corrected chi connectivity index (χ0v) is 16.1. The first-order valence-corrected chi connectivity index (χ1v) is 7.69. The maximum absolute atomic E-state index is 10.5. The van der Waals surface area contributed by atoms with Gasteiger partial charge in [-0.1, -0.05) is 0 Å². The molecule has 3 heterocycles. The van der Waals surface area contributed by atoms with Gasteiger partial charge in [0.2, 0.25) is 0 Å². The third-order valence-corrected chi connectivity index (χ3v) is 4.02. The van der Waals surface area contributed by atoms with Gasteiger partial charge in [0.05, 0.1) is 19.4 Å². The minimum atomic E-state index is -1.10. The van der Waals surface area contributed by atoms with Crippen LogP contribution < -0.4 is 10.6 Å². The van der Waals surface area contributed by atoms with E-state index in [1.165, 1.54) is 0 Å². The van der Waals surface area contributed by atoms with Crippen LogP contribution in [0.15, 0.2) is 34.1 Å². The summed E-state index contributed by atoms with van der Waals surface area (Å²) in [6, 6.07) is 3.74. The van der Waals surface area contributed by atoms with E-state index in [2.05, 4.69) is 25.7 Å². The van der Waals surface area contributed by atoms with E-state index in [0.717, 1.165) is 25.2 Å². The van der Waals surface area contributed by atoms with Crippen molar-refractivity contribution in [3.05, 3.63) is 36.3 Å². The lowest BCUT2D eigenvalue weighted by atomic mass is 10.0. The van der Waals surface area contributed by atoms with Crippen molar-refractivity contribution in [2.24, 2.45) is 4.99 Å². The normalized spacial score (nSPS) is 19.8. The highest BCUT2D eigenvalue weighted by Gasteiger charge is 2.27. The van der Waals surface area contributed by atoms with Crippen molar-refractivity contribution in [3.63, 3.8) is 0 Å². The van der Waals surface area contributed by atoms with Gasteiger partial charge in [-0.05, 0) is 25.5 Å². The lowest BCUT2D eigenvalue weighted by molar-refractivity contribution is 0.0385. The number of rotatable bonds is 4. The Morgan fingerprint density at radius 1 is 1.58 bits per heavy atom. The van der Waals surface area contributed by atoms with Crippen molar-refractivity contribution in [2.45, 2.75) is 38.0 Å². The SMILES string of the molecule is CN=C(NCC(C)(O)c1ccco1)NC1CCc2ncnn2C1.I. The Bertz CT molecular complexity index is 667. The molecule has 0 fully saturated rings. The molecule has 24 heavy (non-hydrogen) atoms. The third-order valence-electron chi connectivity index (χ3n) is 4.02. The molecule has 132 valence electrons. The summed E-state index contributed by atoms with van der Waals surface area (Å²) in [5.41, 5.74) is -1.10. The summed E-state index contributed by atoms with van der Waals surface area (Å²) in [6.07, 6.45) is 4.99. The van der Waals surface area contributed by atoms with E-state index >= 15 is 0 Å². The van der Waals surface area contributed by atoms with Crippen molar-refractivity contribution in [1.29, 1.82) is 0 Å². The van der Waals surface area contributed by atoms with Gasteiger partial charge in [-0.3, -0.25) is 4.99 Å². The Hall–Kier alpha value is -1.62. The maximum atomic E-state index is 10.5. The molecule has 0 amide bonds. The monoisotopic (exact) mass is 446 g/mol. The van der Waals surface area contributed by atoms with Gasteiger partial charge in [-0.2, -0.15) is 5.10 Å². The topological polar surface area (TPSA) is 100 Å². The summed E-state index contributed by atoms with van der Waals surface area (Å²) in [7, 11) is 1.71. The van der Waals surface area contributed by atoms with E-state index in [4.69, 9.17) is 4.42 Å². The van der Waals surface area contributed by atoms with Crippen LogP contribution in [0.25, 0.3) is 0 Å². The highest BCUT2D eigenvalue weighted by atomic mass is 127. The summed E-state index contributed by atoms with van der Waals surface area (Å²) < 4.78 is 7.19.